The zero-order valence-corrected chi connectivity index (χ0v) is 19.7. The van der Waals surface area contributed by atoms with E-state index in [9.17, 15) is 10.1 Å². The first kappa shape index (κ1) is 21.5. The van der Waals surface area contributed by atoms with Crippen LogP contribution in [0.15, 0.2) is 29.4 Å². The molecule has 1 saturated carbocycles. The van der Waals surface area contributed by atoms with Crippen LogP contribution in [0, 0.1) is 32.1 Å². The number of rotatable bonds is 5. The van der Waals surface area contributed by atoms with E-state index in [0.717, 1.165) is 40.6 Å². The maximum atomic E-state index is 13.0. The molecule has 0 atom stereocenters. The SMILES string of the molecule is Cc1nc2c3ccccc3nc(SCC(=O)Nc3c(C#N)c(C)c(C)n3C3CCCC3)n2n1. The fraction of sp³-hybridized carbons (Fsp3) is 0.375. The first-order valence-electron chi connectivity index (χ1n) is 11.1. The van der Waals surface area contributed by atoms with Gasteiger partial charge in [-0.1, -0.05) is 36.7 Å². The first-order valence-corrected chi connectivity index (χ1v) is 12.1. The van der Waals surface area contributed by atoms with Crippen molar-refractivity contribution in [1.82, 2.24) is 24.1 Å². The Morgan fingerprint density at radius 2 is 1.97 bits per heavy atom. The Morgan fingerprint density at radius 3 is 2.73 bits per heavy atom. The van der Waals surface area contributed by atoms with Crippen LogP contribution in [0.3, 0.4) is 0 Å². The van der Waals surface area contributed by atoms with Crippen LogP contribution in [0.5, 0.6) is 0 Å². The average Bonchev–Trinajstić information content (AvgIpc) is 3.51. The number of fused-ring (bicyclic) bond motifs is 3. The number of carbonyl (C=O) groups is 1. The van der Waals surface area contributed by atoms with Crippen molar-refractivity contribution in [1.29, 1.82) is 5.26 Å². The van der Waals surface area contributed by atoms with Gasteiger partial charge in [-0.25, -0.2) is 9.97 Å². The van der Waals surface area contributed by atoms with E-state index < -0.39 is 0 Å². The van der Waals surface area contributed by atoms with Crippen LogP contribution in [0.25, 0.3) is 16.6 Å². The van der Waals surface area contributed by atoms with E-state index in [1.165, 1.54) is 24.6 Å². The van der Waals surface area contributed by atoms with E-state index in [1.54, 1.807) is 4.52 Å². The van der Waals surface area contributed by atoms with Gasteiger partial charge in [0.25, 0.3) is 0 Å². The summed E-state index contributed by atoms with van der Waals surface area (Å²) in [4.78, 5) is 22.3. The molecular weight excluding hydrogens is 434 g/mol. The molecule has 1 aliphatic rings. The van der Waals surface area contributed by atoms with Crippen LogP contribution in [0.4, 0.5) is 5.82 Å². The summed E-state index contributed by atoms with van der Waals surface area (Å²) < 4.78 is 3.86. The summed E-state index contributed by atoms with van der Waals surface area (Å²) in [5.74, 6) is 1.25. The third-order valence-corrected chi connectivity index (χ3v) is 7.33. The number of carbonyl (C=O) groups excluding carboxylic acids is 1. The standard InChI is InChI=1S/C24H25N7OS/c1-14-15(2)30(17-8-4-5-9-17)22(19(14)12-25)28-21(32)13-33-24-27-20-11-7-6-10-18(20)23-26-16(3)29-31(23)24/h6-7,10-11,17H,4-5,8-9,13H2,1-3H3,(H,28,32). The van der Waals surface area contributed by atoms with Gasteiger partial charge in [0.05, 0.1) is 16.8 Å². The number of benzene rings is 1. The van der Waals surface area contributed by atoms with Crippen molar-refractivity contribution in [3.8, 4) is 6.07 Å². The third-order valence-electron chi connectivity index (χ3n) is 6.40. The number of hydrogen-bond donors (Lipinski definition) is 1. The molecule has 1 aromatic carbocycles. The monoisotopic (exact) mass is 459 g/mol. The Labute approximate surface area is 196 Å². The van der Waals surface area contributed by atoms with Gasteiger partial charge in [-0.05, 0) is 51.3 Å². The molecule has 1 N–H and O–H groups in total. The Hall–Kier alpha value is -3.38. The minimum absolute atomic E-state index is 0.151. The third kappa shape index (κ3) is 3.74. The molecule has 0 radical (unpaired) electrons. The fourth-order valence-electron chi connectivity index (χ4n) is 4.73. The lowest BCUT2D eigenvalue weighted by atomic mass is 10.2. The Kier molecular flexibility index (Phi) is 5.54. The summed E-state index contributed by atoms with van der Waals surface area (Å²) >= 11 is 1.31. The van der Waals surface area contributed by atoms with Crippen LogP contribution < -0.4 is 5.32 Å². The van der Waals surface area contributed by atoms with Crippen molar-refractivity contribution in [2.75, 3.05) is 11.1 Å². The molecule has 4 aromatic rings. The Bertz CT molecular complexity index is 1420. The molecule has 0 saturated heterocycles. The van der Waals surface area contributed by atoms with Crippen LogP contribution in [-0.4, -0.2) is 35.8 Å². The van der Waals surface area contributed by atoms with E-state index in [4.69, 9.17) is 4.98 Å². The van der Waals surface area contributed by atoms with Crippen molar-refractivity contribution in [2.45, 2.75) is 57.7 Å². The zero-order chi connectivity index (χ0) is 23.1. The normalized spacial score (nSPS) is 14.2. The maximum Gasteiger partial charge on any atom is 0.235 e. The maximum absolute atomic E-state index is 13.0. The van der Waals surface area contributed by atoms with E-state index in [-0.39, 0.29) is 11.7 Å². The van der Waals surface area contributed by atoms with Crippen molar-refractivity contribution >= 4 is 40.0 Å². The van der Waals surface area contributed by atoms with Gasteiger partial charge in [0, 0.05) is 17.1 Å². The molecule has 9 heteroatoms. The Balaban J connectivity index is 1.42. The second-order valence-corrected chi connectivity index (χ2v) is 9.44. The van der Waals surface area contributed by atoms with Gasteiger partial charge in [-0.3, -0.25) is 4.79 Å². The molecule has 0 bridgehead atoms. The minimum Gasteiger partial charge on any atom is -0.327 e. The quantitative estimate of drug-likeness (QED) is 0.342. The minimum atomic E-state index is -0.173. The molecule has 0 unspecified atom stereocenters. The highest BCUT2D eigenvalue weighted by Gasteiger charge is 2.27. The van der Waals surface area contributed by atoms with E-state index in [0.29, 0.717) is 28.4 Å². The van der Waals surface area contributed by atoms with Crippen LogP contribution >= 0.6 is 11.8 Å². The highest BCUT2D eigenvalue weighted by Crippen LogP contribution is 2.37. The van der Waals surface area contributed by atoms with E-state index in [1.807, 2.05) is 45.0 Å². The predicted molar refractivity (Wildman–Crippen MR) is 129 cm³/mol. The summed E-state index contributed by atoms with van der Waals surface area (Å²) in [6, 6.07) is 10.4. The largest absolute Gasteiger partial charge is 0.327 e. The van der Waals surface area contributed by atoms with Gasteiger partial charge in [-0.2, -0.15) is 9.78 Å². The second-order valence-electron chi connectivity index (χ2n) is 8.50. The fourth-order valence-corrected chi connectivity index (χ4v) is 5.48. The van der Waals surface area contributed by atoms with Gasteiger partial charge in [0.1, 0.15) is 17.7 Å². The number of nitrogens with zero attached hydrogens (tertiary/aromatic N) is 6. The van der Waals surface area contributed by atoms with Crippen molar-refractivity contribution in [3.63, 3.8) is 0 Å². The zero-order valence-electron chi connectivity index (χ0n) is 18.9. The van der Waals surface area contributed by atoms with Gasteiger partial charge in [0.2, 0.25) is 5.91 Å². The number of nitrogens with one attached hydrogen (secondary N) is 1. The molecule has 0 aliphatic heterocycles. The molecule has 168 valence electrons. The average molecular weight is 460 g/mol. The first-order chi connectivity index (χ1) is 16.0. The van der Waals surface area contributed by atoms with Crippen LogP contribution in [0.1, 0.15) is 54.4 Å². The second kappa shape index (κ2) is 8.52. The lowest BCUT2D eigenvalue weighted by Crippen LogP contribution is -2.20. The van der Waals surface area contributed by atoms with Gasteiger partial charge in [0.15, 0.2) is 10.8 Å². The molecule has 8 nitrogen and oxygen atoms in total. The summed E-state index contributed by atoms with van der Waals surface area (Å²) in [6.45, 7) is 5.82. The predicted octanol–water partition coefficient (Wildman–Crippen LogP) is 4.72. The summed E-state index contributed by atoms with van der Waals surface area (Å²) in [5.41, 5.74) is 4.08. The van der Waals surface area contributed by atoms with Crippen molar-refractivity contribution < 1.29 is 4.79 Å². The van der Waals surface area contributed by atoms with Gasteiger partial charge >= 0.3 is 0 Å². The highest BCUT2D eigenvalue weighted by molar-refractivity contribution is 7.99. The summed E-state index contributed by atoms with van der Waals surface area (Å²) in [5, 5.41) is 18.8. The molecule has 1 fully saturated rings. The molecule has 3 aromatic heterocycles. The summed E-state index contributed by atoms with van der Waals surface area (Å²) in [7, 11) is 0. The van der Waals surface area contributed by atoms with Crippen molar-refractivity contribution in [2.24, 2.45) is 0 Å². The molecule has 33 heavy (non-hydrogen) atoms. The lowest BCUT2D eigenvalue weighted by Gasteiger charge is -2.19. The van der Waals surface area contributed by atoms with Gasteiger partial charge in [-0.15, -0.1) is 5.10 Å². The molecular formula is C24H25N7OS. The van der Waals surface area contributed by atoms with Gasteiger partial charge < -0.3 is 9.88 Å². The topological polar surface area (TPSA) is 101 Å². The van der Waals surface area contributed by atoms with E-state index >= 15 is 0 Å². The molecule has 1 aliphatic carbocycles. The number of para-hydroxylation sites is 1. The molecule has 3 heterocycles. The number of nitriles is 1. The lowest BCUT2D eigenvalue weighted by molar-refractivity contribution is -0.113. The summed E-state index contributed by atoms with van der Waals surface area (Å²) in [6.07, 6.45) is 4.49. The number of hydrogen-bond acceptors (Lipinski definition) is 6. The molecule has 1 amide bonds. The Morgan fingerprint density at radius 1 is 1.21 bits per heavy atom. The highest BCUT2D eigenvalue weighted by atomic mass is 32.2. The van der Waals surface area contributed by atoms with E-state index in [2.05, 4.69) is 26.0 Å². The smallest absolute Gasteiger partial charge is 0.235 e. The van der Waals surface area contributed by atoms with Crippen LogP contribution in [-0.2, 0) is 4.79 Å². The number of thioether (sulfide) groups is 1. The number of aryl methyl sites for hydroxylation is 1. The number of aromatic nitrogens is 5. The molecule has 0 spiro atoms. The number of anilines is 1. The number of amides is 1. The van der Waals surface area contributed by atoms with Crippen molar-refractivity contribution in [3.05, 3.63) is 46.9 Å². The van der Waals surface area contributed by atoms with Crippen LogP contribution in [0.2, 0.25) is 0 Å². The molecule has 5 rings (SSSR count).